The van der Waals surface area contributed by atoms with E-state index >= 15 is 0 Å². The van der Waals surface area contributed by atoms with Crippen LogP contribution in [0.1, 0.15) is 41.6 Å². The lowest BCUT2D eigenvalue weighted by atomic mass is 9.96. The van der Waals surface area contributed by atoms with E-state index in [1.165, 1.54) is 12.1 Å². The maximum Gasteiger partial charge on any atom is 0.168 e. The Kier molecular flexibility index (Phi) is 3.89. The third kappa shape index (κ3) is 2.73. The van der Waals surface area contributed by atoms with Gasteiger partial charge in [0, 0.05) is 35.8 Å². The van der Waals surface area contributed by atoms with Gasteiger partial charge in [0.2, 0.25) is 0 Å². The molecule has 24 heavy (non-hydrogen) atoms. The molecule has 1 saturated carbocycles. The molecule has 0 unspecified atom stereocenters. The number of benzene rings is 1. The molecule has 3 aromatic rings. The Morgan fingerprint density at radius 1 is 1.17 bits per heavy atom. The summed E-state index contributed by atoms with van der Waals surface area (Å²) in [5.74, 6) is 0.143. The zero-order valence-corrected chi connectivity index (χ0v) is 13.4. The Labute approximate surface area is 140 Å². The normalized spacial score (nSPS) is 15.2. The van der Waals surface area contributed by atoms with Crippen molar-refractivity contribution in [1.82, 2.24) is 9.55 Å². The van der Waals surface area contributed by atoms with Crippen molar-refractivity contribution in [1.29, 1.82) is 0 Å². The third-order valence-corrected chi connectivity index (χ3v) is 4.89. The van der Waals surface area contributed by atoms with Gasteiger partial charge in [-0.15, -0.1) is 0 Å². The van der Waals surface area contributed by atoms with Crippen molar-refractivity contribution in [3.63, 3.8) is 0 Å². The van der Waals surface area contributed by atoms with E-state index in [0.717, 1.165) is 47.8 Å². The first kappa shape index (κ1) is 15.1. The monoisotopic (exact) mass is 322 g/mol. The van der Waals surface area contributed by atoms with Gasteiger partial charge in [0.25, 0.3) is 0 Å². The average molecular weight is 322 g/mol. The maximum absolute atomic E-state index is 13.1. The fourth-order valence-electron chi connectivity index (χ4n) is 3.63. The molecule has 122 valence electrons. The molecule has 1 fully saturated rings. The van der Waals surface area contributed by atoms with Gasteiger partial charge in [-0.3, -0.25) is 4.79 Å². The number of carbonyl (C=O) groups excluding carboxylic acids is 1. The molecule has 0 bridgehead atoms. The standard InChI is InChI=1S/C20H19FN2O/c21-16-9-7-14(8-10-16)12-23-13-18(17-6-3-11-22-20(17)23)19(24)15-4-1-2-5-15/h3,6-11,13,15H,1-2,4-5,12H2. The highest BCUT2D eigenvalue weighted by atomic mass is 19.1. The minimum absolute atomic E-state index is 0.148. The van der Waals surface area contributed by atoms with Gasteiger partial charge in [0.05, 0.1) is 0 Å². The number of carbonyl (C=O) groups is 1. The predicted octanol–water partition coefficient (Wildman–Crippen LogP) is 4.60. The third-order valence-electron chi connectivity index (χ3n) is 4.89. The van der Waals surface area contributed by atoms with Gasteiger partial charge in [-0.2, -0.15) is 0 Å². The van der Waals surface area contributed by atoms with Gasteiger partial charge in [-0.1, -0.05) is 25.0 Å². The van der Waals surface area contributed by atoms with Crippen LogP contribution in [0.25, 0.3) is 11.0 Å². The van der Waals surface area contributed by atoms with Crippen molar-refractivity contribution in [2.75, 3.05) is 0 Å². The van der Waals surface area contributed by atoms with E-state index in [2.05, 4.69) is 4.98 Å². The predicted molar refractivity (Wildman–Crippen MR) is 91.5 cm³/mol. The summed E-state index contributed by atoms with van der Waals surface area (Å²) >= 11 is 0. The van der Waals surface area contributed by atoms with Crippen molar-refractivity contribution in [2.24, 2.45) is 5.92 Å². The van der Waals surface area contributed by atoms with E-state index in [4.69, 9.17) is 0 Å². The maximum atomic E-state index is 13.1. The van der Waals surface area contributed by atoms with Crippen LogP contribution in [0.15, 0.2) is 48.8 Å². The summed E-state index contributed by atoms with van der Waals surface area (Å²) in [7, 11) is 0. The number of hydrogen-bond acceptors (Lipinski definition) is 2. The number of halogens is 1. The number of aromatic nitrogens is 2. The second-order valence-electron chi connectivity index (χ2n) is 6.52. The van der Waals surface area contributed by atoms with Crippen LogP contribution in [0.3, 0.4) is 0 Å². The Morgan fingerprint density at radius 2 is 1.92 bits per heavy atom. The fourth-order valence-corrected chi connectivity index (χ4v) is 3.63. The van der Waals surface area contributed by atoms with Gasteiger partial charge < -0.3 is 4.57 Å². The summed E-state index contributed by atoms with van der Waals surface area (Å²) in [6, 6.07) is 10.3. The highest BCUT2D eigenvalue weighted by molar-refractivity contribution is 6.08. The van der Waals surface area contributed by atoms with Gasteiger partial charge in [-0.05, 0) is 42.7 Å². The van der Waals surface area contributed by atoms with Crippen LogP contribution in [-0.4, -0.2) is 15.3 Å². The van der Waals surface area contributed by atoms with Gasteiger partial charge >= 0.3 is 0 Å². The van der Waals surface area contributed by atoms with E-state index in [1.54, 1.807) is 18.3 Å². The molecule has 2 aromatic heterocycles. The Bertz CT molecular complexity index is 876. The van der Waals surface area contributed by atoms with Crippen molar-refractivity contribution >= 4 is 16.8 Å². The number of hydrogen-bond donors (Lipinski definition) is 0. The minimum Gasteiger partial charge on any atom is -0.327 e. The van der Waals surface area contributed by atoms with Gasteiger partial charge in [-0.25, -0.2) is 9.37 Å². The zero-order chi connectivity index (χ0) is 16.5. The van der Waals surface area contributed by atoms with Crippen molar-refractivity contribution in [3.8, 4) is 0 Å². The summed E-state index contributed by atoms with van der Waals surface area (Å²) in [6.07, 6.45) is 7.92. The zero-order valence-electron chi connectivity index (χ0n) is 13.4. The molecule has 0 spiro atoms. The molecule has 0 atom stereocenters. The Hall–Kier alpha value is -2.49. The first-order chi connectivity index (χ1) is 11.7. The van der Waals surface area contributed by atoms with Crippen LogP contribution >= 0.6 is 0 Å². The van der Waals surface area contributed by atoms with E-state index in [9.17, 15) is 9.18 Å². The van der Waals surface area contributed by atoms with Crippen molar-refractivity contribution in [2.45, 2.75) is 32.2 Å². The number of fused-ring (bicyclic) bond motifs is 1. The van der Waals surface area contributed by atoms with E-state index in [1.807, 2.05) is 22.9 Å². The highest BCUT2D eigenvalue weighted by Gasteiger charge is 2.26. The van der Waals surface area contributed by atoms with Crippen LogP contribution in [0.5, 0.6) is 0 Å². The summed E-state index contributed by atoms with van der Waals surface area (Å²) in [4.78, 5) is 17.3. The van der Waals surface area contributed by atoms with E-state index in [0.29, 0.717) is 6.54 Å². The van der Waals surface area contributed by atoms with Crippen molar-refractivity contribution < 1.29 is 9.18 Å². The summed E-state index contributed by atoms with van der Waals surface area (Å²) < 4.78 is 15.1. The minimum atomic E-state index is -0.244. The number of rotatable bonds is 4. The molecule has 1 aromatic carbocycles. The fraction of sp³-hybridized carbons (Fsp3) is 0.300. The summed E-state index contributed by atoms with van der Waals surface area (Å²) in [6.45, 7) is 0.575. The lowest BCUT2D eigenvalue weighted by Crippen LogP contribution is -2.10. The molecular formula is C20H19FN2O. The van der Waals surface area contributed by atoms with Crippen LogP contribution in [-0.2, 0) is 6.54 Å². The molecule has 2 heterocycles. The van der Waals surface area contributed by atoms with Gasteiger partial charge in [0.15, 0.2) is 5.78 Å². The molecule has 4 heteroatoms. The topological polar surface area (TPSA) is 34.9 Å². The molecular weight excluding hydrogens is 303 g/mol. The Balaban J connectivity index is 1.73. The first-order valence-electron chi connectivity index (χ1n) is 8.45. The molecule has 4 rings (SSSR count). The SMILES string of the molecule is O=C(c1cn(Cc2ccc(F)cc2)c2ncccc12)C1CCCC1. The molecule has 0 N–H and O–H groups in total. The molecule has 1 aliphatic carbocycles. The van der Waals surface area contributed by atoms with Crippen LogP contribution in [0.2, 0.25) is 0 Å². The smallest absolute Gasteiger partial charge is 0.168 e. The molecule has 0 aliphatic heterocycles. The van der Waals surface area contributed by atoms with Crippen molar-refractivity contribution in [3.05, 3.63) is 65.7 Å². The second-order valence-corrected chi connectivity index (χ2v) is 6.52. The summed E-state index contributed by atoms with van der Waals surface area (Å²) in [5.41, 5.74) is 2.56. The lowest BCUT2D eigenvalue weighted by molar-refractivity contribution is 0.0924. The number of Topliss-reactive ketones (excluding diaryl/α,β-unsaturated/α-hetero) is 1. The van der Waals surface area contributed by atoms with Crippen LogP contribution < -0.4 is 0 Å². The number of pyridine rings is 1. The molecule has 1 aliphatic rings. The highest BCUT2D eigenvalue weighted by Crippen LogP contribution is 2.31. The van der Waals surface area contributed by atoms with E-state index in [-0.39, 0.29) is 17.5 Å². The second kappa shape index (κ2) is 6.19. The lowest BCUT2D eigenvalue weighted by Gasteiger charge is -2.06. The number of ketones is 1. The molecule has 0 amide bonds. The molecule has 0 saturated heterocycles. The largest absolute Gasteiger partial charge is 0.327 e. The first-order valence-corrected chi connectivity index (χ1v) is 8.45. The Morgan fingerprint density at radius 3 is 2.67 bits per heavy atom. The van der Waals surface area contributed by atoms with Crippen LogP contribution in [0, 0.1) is 11.7 Å². The van der Waals surface area contributed by atoms with E-state index < -0.39 is 0 Å². The average Bonchev–Trinajstić information content (AvgIpc) is 3.25. The molecule has 0 radical (unpaired) electrons. The van der Waals surface area contributed by atoms with Crippen LogP contribution in [0.4, 0.5) is 4.39 Å². The quantitative estimate of drug-likeness (QED) is 0.658. The summed E-state index contributed by atoms with van der Waals surface area (Å²) in [5, 5.41) is 0.913. The number of nitrogens with zero attached hydrogens (tertiary/aromatic N) is 2. The molecule has 3 nitrogen and oxygen atoms in total. The van der Waals surface area contributed by atoms with Gasteiger partial charge in [0.1, 0.15) is 11.5 Å².